The molecule has 0 aliphatic carbocycles. The molecule has 0 saturated heterocycles. The molecule has 0 aliphatic rings. The van der Waals surface area contributed by atoms with Crippen molar-refractivity contribution in [1.82, 2.24) is 0 Å². The van der Waals surface area contributed by atoms with E-state index in [-0.39, 0.29) is 41.5 Å². The average Bonchev–Trinajstić information content (AvgIpc) is 3.03. The van der Waals surface area contributed by atoms with Crippen LogP contribution in [0, 0.1) is 12.3 Å². The number of aliphatic hydroxyl groups is 1. The molecule has 0 saturated carbocycles. The van der Waals surface area contributed by atoms with E-state index in [2.05, 4.69) is 114 Å². The molecule has 0 spiro atoms. The van der Waals surface area contributed by atoms with Crippen LogP contribution in [0.1, 0.15) is 162 Å². The number of hydrogen-bond acceptors (Lipinski definition) is 8. The fourth-order valence-electron chi connectivity index (χ4n) is 7.21. The van der Waals surface area contributed by atoms with Crippen LogP contribution in [0.2, 0.25) is 0 Å². The van der Waals surface area contributed by atoms with Gasteiger partial charge in [0.2, 0.25) is 0 Å². The lowest BCUT2D eigenvalue weighted by Gasteiger charge is -2.40. The van der Waals surface area contributed by atoms with Crippen molar-refractivity contribution in [2.45, 2.75) is 163 Å². The van der Waals surface area contributed by atoms with Gasteiger partial charge in [0.1, 0.15) is 12.4 Å². The van der Waals surface area contributed by atoms with E-state index >= 15 is 0 Å². The maximum Gasteiger partial charge on any atom is 0.327 e. The quantitative estimate of drug-likeness (QED) is 0.0627. The molecule has 0 atom stereocenters. The molecular weight excluding hydrogens is 694 g/mol. The minimum Gasteiger partial charge on any atom is -0.492 e. The van der Waals surface area contributed by atoms with Crippen molar-refractivity contribution >= 4 is 17.2 Å². The van der Waals surface area contributed by atoms with Gasteiger partial charge in [0.25, 0.3) is 0 Å². The number of aliphatic hydroxyl groups excluding tert-OH is 1. The molecule has 0 fully saturated rings. The number of hydrogen-bond donors (Lipinski definition) is 5. The monoisotopic (exact) mass is 766 g/mol. The number of aryl methyl sites for hydroxylation is 1. The summed E-state index contributed by atoms with van der Waals surface area (Å²) in [5.74, 6) is 0.674. The normalized spacial score (nSPS) is 13.5. The summed E-state index contributed by atoms with van der Waals surface area (Å²) in [7, 11) is -5.46. The summed E-state index contributed by atoms with van der Waals surface area (Å²) < 4.78 is 17.2. The third-order valence-electron chi connectivity index (χ3n) is 10.4. The molecule has 0 aliphatic heterocycles. The minimum atomic E-state index is -2.73. The fraction of sp³-hybridized carbons (Fsp3) is 0.714. The van der Waals surface area contributed by atoms with Crippen molar-refractivity contribution in [2.75, 3.05) is 26.4 Å². The zero-order valence-corrected chi connectivity index (χ0v) is 36.4. The lowest BCUT2D eigenvalue weighted by Crippen LogP contribution is -2.41. The summed E-state index contributed by atoms with van der Waals surface area (Å²) in [5, 5.41) is 10.7. The molecule has 10 heteroatoms. The van der Waals surface area contributed by atoms with Gasteiger partial charge in [-0.15, -0.1) is 0 Å². The Morgan fingerprint density at radius 2 is 1.06 bits per heavy atom. The topological polar surface area (TPSA) is 129 Å². The highest BCUT2D eigenvalue weighted by Crippen LogP contribution is 2.53. The molecule has 298 valence electrons. The second kappa shape index (κ2) is 19.6. The van der Waals surface area contributed by atoms with Crippen LogP contribution in [0.5, 0.6) is 5.75 Å². The summed E-state index contributed by atoms with van der Waals surface area (Å²) in [6, 6.07) is 9.01. The van der Waals surface area contributed by atoms with Crippen LogP contribution in [0.25, 0.3) is 11.1 Å². The number of unbranched alkanes of at least 4 members (excludes halogenated alkanes) is 4. The van der Waals surface area contributed by atoms with E-state index in [0.717, 1.165) is 50.5 Å². The first-order valence-electron chi connectivity index (χ1n) is 19.2. The van der Waals surface area contributed by atoms with Crippen molar-refractivity contribution in [2.24, 2.45) is 5.41 Å². The van der Waals surface area contributed by atoms with Crippen molar-refractivity contribution in [3.63, 3.8) is 0 Å². The lowest BCUT2D eigenvalue weighted by molar-refractivity contribution is -0.0165. The van der Waals surface area contributed by atoms with Crippen LogP contribution < -0.4 is 4.74 Å². The van der Waals surface area contributed by atoms with Gasteiger partial charge in [-0.1, -0.05) is 145 Å². The third-order valence-corrected chi connectivity index (χ3v) is 11.1. The predicted octanol–water partition coefficient (Wildman–Crippen LogP) is 10.8. The first kappa shape index (κ1) is 47.0. The zero-order chi connectivity index (χ0) is 39.7. The maximum absolute atomic E-state index is 10.7. The van der Waals surface area contributed by atoms with Gasteiger partial charge in [0, 0.05) is 5.56 Å². The Hall–Kier alpha value is -1.18. The second-order valence-corrected chi connectivity index (χ2v) is 19.8. The summed E-state index contributed by atoms with van der Waals surface area (Å²) >= 11 is 0. The number of benzene rings is 2. The van der Waals surface area contributed by atoms with E-state index in [1.165, 1.54) is 39.8 Å². The van der Waals surface area contributed by atoms with E-state index in [1.54, 1.807) is 0 Å². The number of ether oxygens (including phenoxy) is 1. The van der Waals surface area contributed by atoms with Crippen LogP contribution in [-0.2, 0) is 30.7 Å². The molecule has 5 N–H and O–H groups in total. The van der Waals surface area contributed by atoms with Crippen LogP contribution in [-0.4, -0.2) is 51.1 Å². The van der Waals surface area contributed by atoms with Crippen molar-refractivity contribution in [1.29, 1.82) is 0 Å². The highest BCUT2D eigenvalue weighted by Gasteiger charge is 2.40. The van der Waals surface area contributed by atoms with Gasteiger partial charge in [-0.2, -0.15) is 0 Å². The van der Waals surface area contributed by atoms with Crippen LogP contribution >= 0.6 is 17.2 Å². The summed E-state index contributed by atoms with van der Waals surface area (Å²) in [6.45, 7) is 28.5. The van der Waals surface area contributed by atoms with Crippen molar-refractivity contribution in [3.8, 4) is 16.9 Å². The fourth-order valence-corrected chi connectivity index (χ4v) is 7.99. The van der Waals surface area contributed by atoms with Gasteiger partial charge < -0.3 is 38.5 Å². The molecule has 0 amide bonds. The van der Waals surface area contributed by atoms with E-state index < -0.39 is 29.2 Å². The van der Waals surface area contributed by atoms with Gasteiger partial charge in [0.15, 0.2) is 0 Å². The van der Waals surface area contributed by atoms with Crippen LogP contribution in [0.15, 0.2) is 24.3 Å². The molecule has 8 nitrogen and oxygen atoms in total. The molecule has 0 bridgehead atoms. The highest BCUT2D eigenvalue weighted by atomic mass is 31.2. The first-order chi connectivity index (χ1) is 24.0. The van der Waals surface area contributed by atoms with Crippen LogP contribution in [0.4, 0.5) is 0 Å². The molecule has 52 heavy (non-hydrogen) atoms. The molecule has 2 aromatic carbocycles. The average molecular weight is 767 g/mol. The van der Waals surface area contributed by atoms with Gasteiger partial charge in [-0.3, -0.25) is 0 Å². The maximum atomic E-state index is 10.7. The molecular formula is C42H72O8P2. The standard InChI is InChI=1S/C42H72O8P2/c1-14-16-18-22-40(10,11)31-20-21-34(48-27-42(26-43,28-49-51(44)45)29-50-52(46)47)37(41(12,13)23-19-17-15-2)36(31)35-32(38(4,5)6)24-30(3)25-33(35)39(7,8)9/h20-21,24-25,43-47H,14-19,22-23,26-29H2,1-13H3. The van der Waals surface area contributed by atoms with Gasteiger partial charge in [-0.25, -0.2) is 0 Å². The largest absolute Gasteiger partial charge is 0.492 e. The molecule has 0 heterocycles. The molecule has 0 aromatic heterocycles. The Kier molecular flexibility index (Phi) is 17.7. The Labute approximate surface area is 318 Å². The molecule has 0 unspecified atom stereocenters. The lowest BCUT2D eigenvalue weighted by atomic mass is 9.65. The Morgan fingerprint density at radius 3 is 1.46 bits per heavy atom. The van der Waals surface area contributed by atoms with E-state index in [1.807, 2.05) is 0 Å². The smallest absolute Gasteiger partial charge is 0.327 e. The van der Waals surface area contributed by atoms with Gasteiger partial charge in [-0.05, 0) is 75.3 Å². The van der Waals surface area contributed by atoms with E-state index in [4.69, 9.17) is 13.8 Å². The van der Waals surface area contributed by atoms with Crippen molar-refractivity contribution < 1.29 is 38.5 Å². The summed E-state index contributed by atoms with van der Waals surface area (Å²) in [5.41, 5.74) is 6.50. The predicted molar refractivity (Wildman–Crippen MR) is 218 cm³/mol. The third kappa shape index (κ3) is 13.0. The summed E-state index contributed by atoms with van der Waals surface area (Å²) in [6.07, 6.45) is 8.67. The Morgan fingerprint density at radius 1 is 0.596 bits per heavy atom. The molecule has 2 aromatic rings. The number of rotatable bonds is 21. The highest BCUT2D eigenvalue weighted by molar-refractivity contribution is 7.39. The Balaban J connectivity index is 3.20. The van der Waals surface area contributed by atoms with Crippen LogP contribution in [0.3, 0.4) is 0 Å². The van der Waals surface area contributed by atoms with E-state index in [9.17, 15) is 24.7 Å². The first-order valence-corrected chi connectivity index (χ1v) is 21.5. The minimum absolute atomic E-state index is 0.126. The zero-order valence-electron chi connectivity index (χ0n) is 34.6. The molecule has 2 rings (SSSR count). The van der Waals surface area contributed by atoms with E-state index in [0.29, 0.717) is 5.75 Å². The SMILES string of the molecule is CCCCCC(C)(C)c1ccc(OCC(CO)(COP(O)O)COP(O)O)c(C(C)(C)CCCCC)c1-c1c(C(C)(C)C)cc(C)cc1C(C)(C)C. The Bertz CT molecular complexity index is 1360. The summed E-state index contributed by atoms with van der Waals surface area (Å²) in [4.78, 5) is 38.5. The van der Waals surface area contributed by atoms with Crippen molar-refractivity contribution in [3.05, 3.63) is 52.1 Å². The van der Waals surface area contributed by atoms with Gasteiger partial charge in [0.05, 0.1) is 25.2 Å². The molecule has 0 radical (unpaired) electrons. The second-order valence-electron chi connectivity index (χ2n) is 18.3. The van der Waals surface area contributed by atoms with Gasteiger partial charge >= 0.3 is 17.2 Å².